The second-order valence-electron chi connectivity index (χ2n) is 3.65. The molecule has 2 N–H and O–H groups in total. The molecule has 0 aromatic carbocycles. The van der Waals surface area contributed by atoms with E-state index in [1.165, 1.54) is 0 Å². The lowest BCUT2D eigenvalue weighted by molar-refractivity contribution is -0.132. The summed E-state index contributed by atoms with van der Waals surface area (Å²) in [6, 6.07) is 0.225. The maximum absolute atomic E-state index is 11.6. The van der Waals surface area contributed by atoms with Crippen LogP contribution in [0.1, 0.15) is 40.0 Å². The van der Waals surface area contributed by atoms with Crippen molar-refractivity contribution in [2.45, 2.75) is 46.1 Å². The van der Waals surface area contributed by atoms with Crippen molar-refractivity contribution in [1.82, 2.24) is 4.90 Å². The second-order valence-corrected chi connectivity index (χ2v) is 4.17. The fourth-order valence-electron chi connectivity index (χ4n) is 1.26. The standard InChI is InChI=1S/C10H20N2OS/c1-4-5-10(13)12(8(2)3)7-6-9(11)14/h8H,4-7H2,1-3H3,(H2,11,14). The minimum atomic E-state index is 0.193. The molecule has 0 aliphatic carbocycles. The van der Waals surface area contributed by atoms with E-state index in [1.54, 1.807) is 0 Å². The van der Waals surface area contributed by atoms with Gasteiger partial charge in [-0.05, 0) is 20.3 Å². The minimum Gasteiger partial charge on any atom is -0.393 e. The normalized spacial score (nSPS) is 10.3. The van der Waals surface area contributed by atoms with Crippen LogP contribution in [0, 0.1) is 0 Å². The smallest absolute Gasteiger partial charge is 0.222 e. The first-order chi connectivity index (χ1) is 6.49. The lowest BCUT2D eigenvalue weighted by Gasteiger charge is -2.26. The molecule has 0 saturated heterocycles. The number of thiocarbonyl (C=S) groups is 1. The molecule has 0 bridgehead atoms. The van der Waals surface area contributed by atoms with Crippen LogP contribution in [0.25, 0.3) is 0 Å². The van der Waals surface area contributed by atoms with Crippen LogP contribution < -0.4 is 5.73 Å². The number of nitrogens with zero attached hydrogens (tertiary/aromatic N) is 1. The summed E-state index contributed by atoms with van der Waals surface area (Å²) in [6.45, 7) is 6.66. The Balaban J connectivity index is 4.14. The van der Waals surface area contributed by atoms with E-state index in [0.29, 0.717) is 24.4 Å². The third-order valence-electron chi connectivity index (χ3n) is 2.01. The van der Waals surface area contributed by atoms with Crippen molar-refractivity contribution in [3.05, 3.63) is 0 Å². The van der Waals surface area contributed by atoms with E-state index >= 15 is 0 Å². The Morgan fingerprint density at radius 1 is 1.43 bits per heavy atom. The SMILES string of the molecule is CCCC(=O)N(CCC(N)=S)C(C)C. The molecule has 0 radical (unpaired) electrons. The second kappa shape index (κ2) is 6.76. The van der Waals surface area contributed by atoms with Crippen LogP contribution in [0.4, 0.5) is 0 Å². The molecule has 82 valence electrons. The van der Waals surface area contributed by atoms with E-state index in [2.05, 4.69) is 0 Å². The number of nitrogens with two attached hydrogens (primary N) is 1. The number of carbonyl (C=O) groups is 1. The van der Waals surface area contributed by atoms with Gasteiger partial charge in [0.15, 0.2) is 0 Å². The molecule has 0 saturated carbocycles. The van der Waals surface area contributed by atoms with Gasteiger partial charge < -0.3 is 10.6 Å². The van der Waals surface area contributed by atoms with Gasteiger partial charge in [-0.2, -0.15) is 0 Å². The average Bonchev–Trinajstić information content (AvgIpc) is 2.03. The van der Waals surface area contributed by atoms with Gasteiger partial charge in [0.05, 0.1) is 4.99 Å². The Kier molecular flexibility index (Phi) is 6.45. The summed E-state index contributed by atoms with van der Waals surface area (Å²) in [7, 11) is 0. The van der Waals surface area contributed by atoms with Gasteiger partial charge >= 0.3 is 0 Å². The molecule has 3 nitrogen and oxygen atoms in total. The fraction of sp³-hybridized carbons (Fsp3) is 0.800. The maximum atomic E-state index is 11.6. The molecular weight excluding hydrogens is 196 g/mol. The summed E-state index contributed by atoms with van der Waals surface area (Å²) in [5.74, 6) is 0.193. The van der Waals surface area contributed by atoms with Crippen LogP contribution in [0.15, 0.2) is 0 Å². The molecule has 0 aliphatic heterocycles. The van der Waals surface area contributed by atoms with Crippen molar-refractivity contribution in [2.75, 3.05) is 6.54 Å². The van der Waals surface area contributed by atoms with Gasteiger partial charge in [0.25, 0.3) is 0 Å². The zero-order chi connectivity index (χ0) is 11.1. The topological polar surface area (TPSA) is 46.3 Å². The Morgan fingerprint density at radius 2 is 2.00 bits per heavy atom. The van der Waals surface area contributed by atoms with Gasteiger partial charge in [0.2, 0.25) is 5.91 Å². The summed E-state index contributed by atoms with van der Waals surface area (Å²) in [4.78, 5) is 13.9. The first-order valence-electron chi connectivity index (χ1n) is 5.06. The summed E-state index contributed by atoms with van der Waals surface area (Å²) in [5.41, 5.74) is 5.41. The maximum Gasteiger partial charge on any atom is 0.222 e. The number of hydrogen-bond donors (Lipinski definition) is 1. The van der Waals surface area contributed by atoms with Crippen molar-refractivity contribution in [3.8, 4) is 0 Å². The third kappa shape index (κ3) is 5.17. The van der Waals surface area contributed by atoms with E-state index in [0.717, 1.165) is 6.42 Å². The molecule has 0 spiro atoms. The number of carbonyl (C=O) groups excluding carboxylic acids is 1. The van der Waals surface area contributed by atoms with E-state index in [-0.39, 0.29) is 11.9 Å². The van der Waals surface area contributed by atoms with Crippen LogP contribution in [-0.4, -0.2) is 28.4 Å². The van der Waals surface area contributed by atoms with Crippen molar-refractivity contribution in [1.29, 1.82) is 0 Å². The first kappa shape index (κ1) is 13.4. The van der Waals surface area contributed by atoms with Crippen LogP contribution in [0.5, 0.6) is 0 Å². The number of amides is 1. The molecule has 4 heteroatoms. The molecule has 0 unspecified atom stereocenters. The van der Waals surface area contributed by atoms with E-state index in [9.17, 15) is 4.79 Å². The molecule has 0 atom stereocenters. The molecule has 0 fully saturated rings. The minimum absolute atomic E-state index is 0.193. The average molecular weight is 216 g/mol. The highest BCUT2D eigenvalue weighted by Gasteiger charge is 2.15. The lowest BCUT2D eigenvalue weighted by atomic mass is 10.2. The predicted octanol–water partition coefficient (Wildman–Crippen LogP) is 1.70. The zero-order valence-electron chi connectivity index (χ0n) is 9.25. The van der Waals surface area contributed by atoms with Crippen LogP contribution in [0.2, 0.25) is 0 Å². The number of rotatable bonds is 6. The van der Waals surface area contributed by atoms with Gasteiger partial charge in [-0.15, -0.1) is 0 Å². The fourth-order valence-corrected chi connectivity index (χ4v) is 1.35. The molecule has 0 heterocycles. The Labute approximate surface area is 91.6 Å². The van der Waals surface area contributed by atoms with Crippen molar-refractivity contribution >= 4 is 23.1 Å². The summed E-state index contributed by atoms with van der Waals surface area (Å²) in [6.07, 6.45) is 2.10. The van der Waals surface area contributed by atoms with E-state index in [1.807, 2.05) is 25.7 Å². The highest BCUT2D eigenvalue weighted by molar-refractivity contribution is 7.80. The molecule has 0 rings (SSSR count). The van der Waals surface area contributed by atoms with E-state index in [4.69, 9.17) is 18.0 Å². The first-order valence-corrected chi connectivity index (χ1v) is 5.47. The van der Waals surface area contributed by atoms with Gasteiger partial charge in [-0.25, -0.2) is 0 Å². The van der Waals surface area contributed by atoms with Crippen LogP contribution >= 0.6 is 12.2 Å². The molecule has 0 aliphatic rings. The third-order valence-corrected chi connectivity index (χ3v) is 2.21. The van der Waals surface area contributed by atoms with E-state index < -0.39 is 0 Å². The van der Waals surface area contributed by atoms with Crippen molar-refractivity contribution in [2.24, 2.45) is 5.73 Å². The molecule has 0 aromatic heterocycles. The molecule has 14 heavy (non-hydrogen) atoms. The van der Waals surface area contributed by atoms with Gasteiger partial charge in [0.1, 0.15) is 0 Å². The zero-order valence-corrected chi connectivity index (χ0v) is 10.1. The van der Waals surface area contributed by atoms with Gasteiger partial charge in [-0.3, -0.25) is 4.79 Å². The lowest BCUT2D eigenvalue weighted by Crippen LogP contribution is -2.38. The molecule has 0 aromatic rings. The van der Waals surface area contributed by atoms with Gasteiger partial charge in [0, 0.05) is 25.4 Å². The summed E-state index contributed by atoms with van der Waals surface area (Å²) >= 11 is 4.79. The Hall–Kier alpha value is -0.640. The number of hydrogen-bond acceptors (Lipinski definition) is 2. The molecule has 1 amide bonds. The Morgan fingerprint density at radius 3 is 2.36 bits per heavy atom. The van der Waals surface area contributed by atoms with Gasteiger partial charge in [-0.1, -0.05) is 19.1 Å². The highest BCUT2D eigenvalue weighted by Crippen LogP contribution is 2.04. The van der Waals surface area contributed by atoms with Crippen molar-refractivity contribution in [3.63, 3.8) is 0 Å². The van der Waals surface area contributed by atoms with Crippen LogP contribution in [-0.2, 0) is 4.79 Å². The predicted molar refractivity (Wildman–Crippen MR) is 63.2 cm³/mol. The summed E-state index contributed by atoms with van der Waals surface area (Å²) < 4.78 is 0. The molecular formula is C10H20N2OS. The van der Waals surface area contributed by atoms with Crippen LogP contribution in [0.3, 0.4) is 0 Å². The quantitative estimate of drug-likeness (QED) is 0.687. The van der Waals surface area contributed by atoms with Crippen molar-refractivity contribution < 1.29 is 4.79 Å². The largest absolute Gasteiger partial charge is 0.393 e. The summed E-state index contributed by atoms with van der Waals surface area (Å²) in [5, 5.41) is 0. The Bertz CT molecular complexity index is 204. The highest BCUT2D eigenvalue weighted by atomic mass is 32.1. The monoisotopic (exact) mass is 216 g/mol.